The van der Waals surface area contributed by atoms with Crippen molar-refractivity contribution in [2.24, 2.45) is 10.9 Å². The number of nitrogens with two attached hydrogens (primary N) is 1. The van der Waals surface area contributed by atoms with Gasteiger partial charge in [-0.25, -0.2) is 8.78 Å². The second-order valence-electron chi connectivity index (χ2n) is 3.71. The van der Waals surface area contributed by atoms with Crippen LogP contribution in [-0.2, 0) is 0 Å². The topological polar surface area (TPSA) is 82.1 Å². The maximum absolute atomic E-state index is 12.4. The summed E-state index contributed by atoms with van der Waals surface area (Å²) in [5.74, 6) is -0.129. The molecule has 8 heteroatoms. The minimum absolute atomic E-state index is 0.0347. The van der Waals surface area contributed by atoms with Gasteiger partial charge in [0.1, 0.15) is 0 Å². The molecule has 1 aromatic carbocycles. The Morgan fingerprint density at radius 2 is 2.16 bits per heavy atom. The molecule has 0 spiro atoms. The van der Waals surface area contributed by atoms with Crippen molar-refractivity contribution >= 4 is 23.1 Å². The van der Waals surface area contributed by atoms with Gasteiger partial charge in [0, 0.05) is 12.1 Å². The minimum Gasteiger partial charge on any atom is -0.409 e. The first kappa shape index (κ1) is 15.5. The van der Waals surface area contributed by atoms with Crippen molar-refractivity contribution in [1.82, 2.24) is 0 Å². The first-order chi connectivity index (χ1) is 8.99. The lowest BCUT2D eigenvalue weighted by atomic mass is 10.1. The lowest BCUT2D eigenvalue weighted by molar-refractivity contribution is 0.153. The van der Waals surface area contributed by atoms with Crippen molar-refractivity contribution in [2.75, 3.05) is 24.6 Å². The third-order valence-electron chi connectivity index (χ3n) is 2.42. The van der Waals surface area contributed by atoms with Gasteiger partial charge in [0.2, 0.25) is 0 Å². The number of aliphatic hydroxyl groups excluding tert-OH is 1. The molecule has 0 aliphatic rings. The Morgan fingerprint density at radius 1 is 1.47 bits per heavy atom. The van der Waals surface area contributed by atoms with Gasteiger partial charge in [-0.15, -0.1) is 0 Å². The SMILES string of the molecule is N/C(=N/O)c1ccc(N(CCO)CC(F)F)c(Cl)c1. The van der Waals surface area contributed by atoms with Gasteiger partial charge in [-0.05, 0) is 18.2 Å². The molecule has 19 heavy (non-hydrogen) atoms. The van der Waals surface area contributed by atoms with E-state index >= 15 is 0 Å². The largest absolute Gasteiger partial charge is 0.409 e. The summed E-state index contributed by atoms with van der Waals surface area (Å²) >= 11 is 5.98. The normalized spacial score (nSPS) is 11.9. The Kier molecular flexibility index (Phi) is 5.78. The smallest absolute Gasteiger partial charge is 0.255 e. The van der Waals surface area contributed by atoms with E-state index in [-0.39, 0.29) is 24.0 Å². The van der Waals surface area contributed by atoms with E-state index < -0.39 is 13.0 Å². The average molecular weight is 294 g/mol. The number of hydrogen-bond acceptors (Lipinski definition) is 4. The van der Waals surface area contributed by atoms with Crippen molar-refractivity contribution in [1.29, 1.82) is 0 Å². The van der Waals surface area contributed by atoms with Crippen LogP contribution in [0, 0.1) is 0 Å². The van der Waals surface area contributed by atoms with E-state index in [4.69, 9.17) is 27.6 Å². The summed E-state index contributed by atoms with van der Waals surface area (Å²) in [5, 5.41) is 20.4. The summed E-state index contributed by atoms with van der Waals surface area (Å²) in [4.78, 5) is 1.27. The number of nitrogens with zero attached hydrogens (tertiary/aromatic N) is 2. The molecule has 0 saturated carbocycles. The number of oxime groups is 1. The first-order valence-corrected chi connectivity index (χ1v) is 5.78. The first-order valence-electron chi connectivity index (χ1n) is 5.41. The molecule has 0 bridgehead atoms. The summed E-state index contributed by atoms with van der Waals surface area (Å²) in [6.45, 7) is -0.777. The van der Waals surface area contributed by atoms with E-state index in [2.05, 4.69) is 5.16 Å². The van der Waals surface area contributed by atoms with Crippen LogP contribution in [0.5, 0.6) is 0 Å². The molecular formula is C11H14ClF2N3O2. The van der Waals surface area contributed by atoms with Gasteiger partial charge in [0.05, 0.1) is 23.9 Å². The van der Waals surface area contributed by atoms with Crippen LogP contribution in [-0.4, -0.2) is 42.3 Å². The highest BCUT2D eigenvalue weighted by Gasteiger charge is 2.16. The molecule has 0 radical (unpaired) electrons. The molecule has 0 heterocycles. The fraction of sp³-hybridized carbons (Fsp3) is 0.364. The average Bonchev–Trinajstić information content (AvgIpc) is 2.36. The van der Waals surface area contributed by atoms with Crippen molar-refractivity contribution < 1.29 is 19.1 Å². The van der Waals surface area contributed by atoms with Gasteiger partial charge in [0.25, 0.3) is 6.43 Å². The van der Waals surface area contributed by atoms with Crippen LogP contribution in [0.25, 0.3) is 0 Å². The van der Waals surface area contributed by atoms with Crippen LogP contribution in [0.2, 0.25) is 5.02 Å². The van der Waals surface area contributed by atoms with E-state index in [1.807, 2.05) is 0 Å². The van der Waals surface area contributed by atoms with Crippen LogP contribution >= 0.6 is 11.6 Å². The van der Waals surface area contributed by atoms with E-state index in [9.17, 15) is 8.78 Å². The van der Waals surface area contributed by atoms with Crippen molar-refractivity contribution in [3.8, 4) is 0 Å². The third-order valence-corrected chi connectivity index (χ3v) is 2.72. The Morgan fingerprint density at radius 3 is 2.63 bits per heavy atom. The highest BCUT2D eigenvalue weighted by molar-refractivity contribution is 6.33. The third kappa shape index (κ3) is 4.22. The van der Waals surface area contributed by atoms with Crippen LogP contribution in [0.1, 0.15) is 5.56 Å². The van der Waals surface area contributed by atoms with Gasteiger partial charge in [-0.3, -0.25) is 0 Å². The summed E-state index contributed by atoms with van der Waals surface area (Å²) in [7, 11) is 0. The highest BCUT2D eigenvalue weighted by atomic mass is 35.5. The molecule has 0 fully saturated rings. The Labute approximate surface area is 113 Å². The predicted octanol–water partition coefficient (Wildman–Crippen LogP) is 1.50. The maximum atomic E-state index is 12.4. The van der Waals surface area contributed by atoms with E-state index in [1.165, 1.54) is 23.1 Å². The Bertz CT molecular complexity index is 458. The summed E-state index contributed by atoms with van der Waals surface area (Å²) < 4.78 is 24.9. The molecule has 0 aromatic heterocycles. The molecule has 5 nitrogen and oxygen atoms in total. The van der Waals surface area contributed by atoms with Gasteiger partial charge in [0.15, 0.2) is 5.84 Å². The molecule has 0 unspecified atom stereocenters. The monoisotopic (exact) mass is 293 g/mol. The predicted molar refractivity (Wildman–Crippen MR) is 69.3 cm³/mol. The van der Waals surface area contributed by atoms with Crippen LogP contribution in [0.3, 0.4) is 0 Å². The number of benzene rings is 1. The second-order valence-corrected chi connectivity index (χ2v) is 4.12. The zero-order valence-electron chi connectivity index (χ0n) is 9.93. The minimum atomic E-state index is -2.55. The van der Waals surface area contributed by atoms with E-state index in [0.29, 0.717) is 11.3 Å². The zero-order chi connectivity index (χ0) is 14.4. The van der Waals surface area contributed by atoms with Gasteiger partial charge < -0.3 is 20.9 Å². The number of anilines is 1. The fourth-order valence-corrected chi connectivity index (χ4v) is 1.88. The quantitative estimate of drug-likeness (QED) is 0.321. The Balaban J connectivity index is 3.04. The summed E-state index contributed by atoms with van der Waals surface area (Å²) in [5.41, 5.74) is 6.12. The zero-order valence-corrected chi connectivity index (χ0v) is 10.7. The molecule has 0 saturated heterocycles. The number of halogens is 3. The maximum Gasteiger partial charge on any atom is 0.255 e. The second kappa shape index (κ2) is 7.10. The highest BCUT2D eigenvalue weighted by Crippen LogP contribution is 2.27. The molecular weight excluding hydrogens is 280 g/mol. The van der Waals surface area contributed by atoms with Crippen molar-refractivity contribution in [3.05, 3.63) is 28.8 Å². The number of alkyl halides is 2. The molecule has 0 atom stereocenters. The van der Waals surface area contributed by atoms with Gasteiger partial charge >= 0.3 is 0 Å². The number of hydrogen-bond donors (Lipinski definition) is 3. The number of amidine groups is 1. The Hall–Kier alpha value is -1.60. The summed E-state index contributed by atoms with van der Waals surface area (Å²) in [6, 6.07) is 4.38. The summed E-state index contributed by atoms with van der Waals surface area (Å²) in [6.07, 6.45) is -2.55. The standard InChI is InChI=1S/C11H14ClF2N3O2/c12-8-5-7(11(15)16-19)1-2-9(8)17(3-4-18)6-10(13)14/h1-2,5,10,18-19H,3-4,6H2,(H2,15,16). The molecule has 1 rings (SSSR count). The van der Waals surface area contributed by atoms with Crippen molar-refractivity contribution in [2.45, 2.75) is 6.43 Å². The van der Waals surface area contributed by atoms with Gasteiger partial charge in [-0.1, -0.05) is 16.8 Å². The number of aliphatic hydroxyl groups is 1. The van der Waals surface area contributed by atoms with E-state index in [1.54, 1.807) is 0 Å². The van der Waals surface area contributed by atoms with Crippen LogP contribution in [0.4, 0.5) is 14.5 Å². The molecule has 4 N–H and O–H groups in total. The molecule has 0 aliphatic heterocycles. The van der Waals surface area contributed by atoms with Gasteiger partial charge in [-0.2, -0.15) is 0 Å². The van der Waals surface area contributed by atoms with Crippen molar-refractivity contribution in [3.63, 3.8) is 0 Å². The van der Waals surface area contributed by atoms with Crippen LogP contribution < -0.4 is 10.6 Å². The molecule has 106 valence electrons. The lowest BCUT2D eigenvalue weighted by Gasteiger charge is -2.24. The molecule has 0 aliphatic carbocycles. The van der Waals surface area contributed by atoms with E-state index in [0.717, 1.165) is 0 Å². The molecule has 1 aromatic rings. The van der Waals surface area contributed by atoms with Crippen LogP contribution in [0.15, 0.2) is 23.4 Å². The molecule has 0 amide bonds. The lowest BCUT2D eigenvalue weighted by Crippen LogP contribution is -2.31. The fourth-order valence-electron chi connectivity index (χ4n) is 1.58. The number of rotatable bonds is 6.